The van der Waals surface area contributed by atoms with Crippen LogP contribution in [0, 0.1) is 7.14 Å². The van der Waals surface area contributed by atoms with Gasteiger partial charge in [0.1, 0.15) is 0 Å². The molecule has 3 heterocycles. The molecule has 0 radical (unpaired) electrons. The van der Waals surface area contributed by atoms with Crippen molar-refractivity contribution < 1.29 is 21.2 Å². The SMILES string of the molecule is c1ccc(-c2ccc3c(c2)c2cc(-c4ccccc4)ccc2n3-c2ccc3c(c2)[I-]c2cccc(-c4nc(-c5ccccc5)c5ccccc5n4)c2-3)cc1. The van der Waals surface area contributed by atoms with E-state index in [1.54, 1.807) is 0 Å². The van der Waals surface area contributed by atoms with Crippen LogP contribution in [-0.2, 0) is 0 Å². The summed E-state index contributed by atoms with van der Waals surface area (Å²) in [6, 6.07) is 67.8. The molecule has 0 spiro atoms. The first-order valence-corrected chi connectivity index (χ1v) is 20.4. The van der Waals surface area contributed by atoms with Gasteiger partial charge in [-0.1, -0.05) is 0 Å². The number of hydrogen-bond donors (Lipinski definition) is 0. The summed E-state index contributed by atoms with van der Waals surface area (Å²) in [5, 5.41) is 3.58. The average molecular weight is 801 g/mol. The van der Waals surface area contributed by atoms with Crippen LogP contribution in [0.1, 0.15) is 0 Å². The zero-order valence-electron chi connectivity index (χ0n) is 29.1. The van der Waals surface area contributed by atoms with Crippen LogP contribution >= 0.6 is 0 Å². The molecule has 0 amide bonds. The molecule has 1 aliphatic rings. The first-order chi connectivity index (χ1) is 26.8. The summed E-state index contributed by atoms with van der Waals surface area (Å²) < 4.78 is 5.30. The summed E-state index contributed by atoms with van der Waals surface area (Å²) in [5.41, 5.74) is 15.2. The van der Waals surface area contributed by atoms with E-state index in [0.717, 1.165) is 33.5 Å². The van der Waals surface area contributed by atoms with E-state index in [9.17, 15) is 0 Å². The molecule has 11 rings (SSSR count). The molecule has 0 atom stereocenters. The van der Waals surface area contributed by atoms with Gasteiger partial charge in [-0.25, -0.2) is 0 Å². The maximum absolute atomic E-state index is 5.27. The van der Waals surface area contributed by atoms with Crippen molar-refractivity contribution in [2.24, 2.45) is 0 Å². The molecule has 0 aliphatic carbocycles. The van der Waals surface area contributed by atoms with Gasteiger partial charge in [0.15, 0.2) is 0 Å². The molecule has 10 aromatic rings. The quantitative estimate of drug-likeness (QED) is 0.163. The van der Waals surface area contributed by atoms with E-state index in [0.29, 0.717) is 0 Å². The Hall–Kier alpha value is -6.37. The fourth-order valence-corrected chi connectivity index (χ4v) is 11.1. The van der Waals surface area contributed by atoms with Gasteiger partial charge in [-0.2, -0.15) is 0 Å². The van der Waals surface area contributed by atoms with Gasteiger partial charge in [-0.05, 0) is 0 Å². The summed E-state index contributed by atoms with van der Waals surface area (Å²) in [4.78, 5) is 10.4. The first-order valence-electron chi connectivity index (χ1n) is 18.2. The third-order valence-electron chi connectivity index (χ3n) is 10.6. The molecule has 54 heavy (non-hydrogen) atoms. The summed E-state index contributed by atoms with van der Waals surface area (Å²) in [6.45, 7) is 0. The molecule has 0 saturated carbocycles. The Morgan fingerprint density at radius 1 is 0.389 bits per heavy atom. The number of halogens is 1. The van der Waals surface area contributed by atoms with E-state index in [4.69, 9.17) is 9.97 Å². The minimum absolute atomic E-state index is 0.417. The molecule has 8 aromatic carbocycles. The van der Waals surface area contributed by atoms with Crippen LogP contribution in [0.15, 0.2) is 188 Å². The number of hydrogen-bond acceptors (Lipinski definition) is 2. The van der Waals surface area contributed by atoms with Gasteiger partial charge in [0.2, 0.25) is 0 Å². The zero-order chi connectivity index (χ0) is 35.6. The Bertz CT molecular complexity index is 2960. The number of fused-ring (bicyclic) bond motifs is 7. The molecule has 4 heteroatoms. The van der Waals surface area contributed by atoms with Crippen molar-refractivity contribution >= 4 is 32.7 Å². The van der Waals surface area contributed by atoms with Crippen molar-refractivity contribution in [2.45, 2.75) is 0 Å². The van der Waals surface area contributed by atoms with E-state index >= 15 is 0 Å². The molecule has 3 nitrogen and oxygen atoms in total. The summed E-state index contributed by atoms with van der Waals surface area (Å²) in [7, 11) is 0. The Kier molecular flexibility index (Phi) is 7.30. The Balaban J connectivity index is 1.07. The predicted molar refractivity (Wildman–Crippen MR) is 218 cm³/mol. The number of para-hydroxylation sites is 1. The molecule has 254 valence electrons. The van der Waals surface area contributed by atoms with E-state index in [1.165, 1.54) is 68.0 Å². The van der Waals surface area contributed by atoms with Crippen LogP contribution in [0.5, 0.6) is 0 Å². The summed E-state index contributed by atoms with van der Waals surface area (Å²) >= 11 is -0.417. The number of rotatable bonds is 5. The Morgan fingerprint density at radius 2 is 1.00 bits per heavy atom. The maximum atomic E-state index is 5.27. The van der Waals surface area contributed by atoms with Crippen molar-refractivity contribution in [1.29, 1.82) is 0 Å². The third-order valence-corrected chi connectivity index (χ3v) is 13.5. The third kappa shape index (κ3) is 5.09. The number of nitrogens with zero attached hydrogens (tertiary/aromatic N) is 3. The normalized spacial score (nSPS) is 12.1. The van der Waals surface area contributed by atoms with Crippen molar-refractivity contribution in [1.82, 2.24) is 14.5 Å². The zero-order valence-corrected chi connectivity index (χ0v) is 31.3. The molecule has 0 saturated heterocycles. The van der Waals surface area contributed by atoms with Crippen LogP contribution in [-0.4, -0.2) is 14.5 Å². The van der Waals surface area contributed by atoms with Crippen LogP contribution < -0.4 is 21.2 Å². The minimum atomic E-state index is -0.417. The predicted octanol–water partition coefficient (Wildman–Crippen LogP) is 9.50. The summed E-state index contributed by atoms with van der Waals surface area (Å²) in [5.74, 6) is 0.774. The van der Waals surface area contributed by atoms with Crippen LogP contribution in [0.2, 0.25) is 0 Å². The molecule has 0 bridgehead atoms. The second kappa shape index (κ2) is 12.6. The van der Waals surface area contributed by atoms with Crippen molar-refractivity contribution in [3.05, 3.63) is 195 Å². The monoisotopic (exact) mass is 800 g/mol. The van der Waals surface area contributed by atoms with E-state index in [1.807, 2.05) is 0 Å². The standard InChI is InChI=1S/C50H31IN3/c1-4-13-32(14-5-1)35-23-27-46-41(29-35)42-30-36(33-15-6-2-7-16-33)24-28-47(42)54(46)37-25-26-38-44(31-37)51-43-21-12-20-40(48(38)43)50-52-45-22-11-10-19-39(45)49(53-50)34-17-8-3-9-18-34/h1-31H/q-1. The second-order valence-electron chi connectivity index (χ2n) is 13.7. The Morgan fingerprint density at radius 3 is 1.67 bits per heavy atom. The average Bonchev–Trinajstić information content (AvgIpc) is 3.79. The van der Waals surface area contributed by atoms with Crippen molar-refractivity contribution in [3.63, 3.8) is 0 Å². The van der Waals surface area contributed by atoms with Gasteiger partial charge < -0.3 is 0 Å². The molecular formula is C50H31IN3-. The molecule has 0 unspecified atom stereocenters. The van der Waals surface area contributed by atoms with Gasteiger partial charge in [0.05, 0.1) is 0 Å². The van der Waals surface area contributed by atoms with Crippen LogP contribution in [0.3, 0.4) is 0 Å². The van der Waals surface area contributed by atoms with Crippen LogP contribution in [0.25, 0.3) is 94.4 Å². The van der Waals surface area contributed by atoms with Crippen molar-refractivity contribution in [3.8, 4) is 61.7 Å². The Labute approximate surface area is 323 Å². The van der Waals surface area contributed by atoms with Gasteiger partial charge in [-0.15, -0.1) is 0 Å². The van der Waals surface area contributed by atoms with E-state index in [-0.39, 0.29) is 0 Å². The molecule has 2 aromatic heterocycles. The van der Waals surface area contributed by atoms with E-state index < -0.39 is 21.2 Å². The van der Waals surface area contributed by atoms with E-state index in [2.05, 4.69) is 193 Å². The second-order valence-corrected chi connectivity index (χ2v) is 16.6. The number of benzene rings is 8. The molecule has 1 aliphatic heterocycles. The van der Waals surface area contributed by atoms with Gasteiger partial charge in [0, 0.05) is 0 Å². The number of aromatic nitrogens is 3. The fraction of sp³-hybridized carbons (Fsp3) is 0. The van der Waals surface area contributed by atoms with Gasteiger partial charge in [0.25, 0.3) is 0 Å². The summed E-state index contributed by atoms with van der Waals surface area (Å²) in [6.07, 6.45) is 0. The molecule has 0 fully saturated rings. The van der Waals surface area contributed by atoms with Crippen LogP contribution in [0.4, 0.5) is 0 Å². The molecule has 0 N–H and O–H groups in total. The van der Waals surface area contributed by atoms with Crippen molar-refractivity contribution in [2.75, 3.05) is 0 Å². The van der Waals surface area contributed by atoms with Gasteiger partial charge in [-0.3, -0.25) is 0 Å². The van der Waals surface area contributed by atoms with Gasteiger partial charge >= 0.3 is 325 Å². The fourth-order valence-electron chi connectivity index (χ4n) is 8.03. The topological polar surface area (TPSA) is 30.7 Å². The molecular weight excluding hydrogens is 769 g/mol. The first kappa shape index (κ1) is 31.2.